The predicted octanol–water partition coefficient (Wildman–Crippen LogP) is -0.454. The van der Waals surface area contributed by atoms with E-state index in [1.54, 1.807) is 0 Å². The van der Waals surface area contributed by atoms with Gasteiger partial charge in [0.25, 0.3) is 0 Å². The van der Waals surface area contributed by atoms with E-state index in [0.29, 0.717) is 12.6 Å². The van der Waals surface area contributed by atoms with Crippen LogP contribution >= 0.6 is 0 Å². The summed E-state index contributed by atoms with van der Waals surface area (Å²) >= 11 is 0. The van der Waals surface area contributed by atoms with Gasteiger partial charge in [-0.25, -0.2) is 0 Å². The molecule has 1 heterocycles. The van der Waals surface area contributed by atoms with Gasteiger partial charge < -0.3 is 11.1 Å². The maximum Gasteiger partial charge on any atom is 0.231 e. The number of likely N-dealkylation sites (N-methyl/N-ethyl adjacent to an activating group) is 1. The molecule has 4 nitrogen and oxygen atoms in total. The van der Waals surface area contributed by atoms with Crippen LogP contribution in [-0.2, 0) is 4.79 Å². The van der Waals surface area contributed by atoms with Crippen molar-refractivity contribution in [1.29, 1.82) is 0 Å². The third-order valence-electron chi connectivity index (χ3n) is 2.38. The summed E-state index contributed by atoms with van der Waals surface area (Å²) in [6, 6.07) is 0.540. The number of carbonyl (C=O) groups excluding carboxylic acids is 1. The van der Waals surface area contributed by atoms with Gasteiger partial charge in [0.15, 0.2) is 0 Å². The van der Waals surface area contributed by atoms with Crippen LogP contribution in [0.3, 0.4) is 0 Å². The fourth-order valence-electron chi connectivity index (χ4n) is 1.87. The van der Waals surface area contributed by atoms with E-state index in [1.165, 1.54) is 6.42 Å². The molecule has 0 bridgehead atoms. The molecular weight excluding hydrogens is 166 g/mol. The molecule has 0 aromatic heterocycles. The number of piperidine rings is 1. The van der Waals surface area contributed by atoms with Crippen LogP contribution in [0.5, 0.6) is 0 Å². The molecule has 1 rings (SSSR count). The van der Waals surface area contributed by atoms with Crippen molar-refractivity contribution in [3.63, 3.8) is 0 Å². The second-order valence-electron chi connectivity index (χ2n) is 3.60. The number of nitrogens with two attached hydrogens (primary N) is 1. The second-order valence-corrected chi connectivity index (χ2v) is 3.60. The SMILES string of the molecule is CCNC1CCCN(CC(N)=O)C1. The zero-order valence-corrected chi connectivity index (χ0v) is 8.25. The molecule has 3 N–H and O–H groups in total. The number of likely N-dealkylation sites (tertiary alicyclic amines) is 1. The van der Waals surface area contributed by atoms with Gasteiger partial charge in [-0.3, -0.25) is 9.69 Å². The molecule has 0 aromatic carbocycles. The minimum absolute atomic E-state index is 0.225. The number of rotatable bonds is 4. The first-order valence-corrected chi connectivity index (χ1v) is 4.96. The van der Waals surface area contributed by atoms with Crippen molar-refractivity contribution in [3.8, 4) is 0 Å². The lowest BCUT2D eigenvalue weighted by Crippen LogP contribution is -2.48. The molecule has 0 aromatic rings. The summed E-state index contributed by atoms with van der Waals surface area (Å²) in [5, 5.41) is 3.39. The summed E-state index contributed by atoms with van der Waals surface area (Å²) in [4.78, 5) is 12.8. The van der Waals surface area contributed by atoms with Crippen molar-refractivity contribution in [2.75, 3.05) is 26.2 Å². The largest absolute Gasteiger partial charge is 0.369 e. The minimum atomic E-state index is -0.225. The van der Waals surface area contributed by atoms with Gasteiger partial charge in [0.2, 0.25) is 5.91 Å². The Kier molecular flexibility index (Phi) is 4.18. The number of nitrogens with zero attached hydrogens (tertiary/aromatic N) is 1. The molecule has 1 saturated heterocycles. The molecule has 0 radical (unpaired) electrons. The number of hydrogen-bond acceptors (Lipinski definition) is 3. The Labute approximate surface area is 79.5 Å². The first-order valence-electron chi connectivity index (χ1n) is 4.96. The van der Waals surface area contributed by atoms with E-state index in [0.717, 1.165) is 26.1 Å². The predicted molar refractivity (Wildman–Crippen MR) is 52.3 cm³/mol. The molecule has 0 spiro atoms. The third-order valence-corrected chi connectivity index (χ3v) is 2.38. The molecule has 1 unspecified atom stereocenters. The van der Waals surface area contributed by atoms with Crippen LogP contribution in [0.4, 0.5) is 0 Å². The van der Waals surface area contributed by atoms with Crippen LogP contribution in [0.25, 0.3) is 0 Å². The quantitative estimate of drug-likeness (QED) is 0.623. The van der Waals surface area contributed by atoms with Crippen LogP contribution < -0.4 is 11.1 Å². The van der Waals surface area contributed by atoms with Gasteiger partial charge in [0.1, 0.15) is 0 Å². The highest BCUT2D eigenvalue weighted by Gasteiger charge is 2.19. The van der Waals surface area contributed by atoms with Crippen molar-refractivity contribution < 1.29 is 4.79 Å². The van der Waals surface area contributed by atoms with Gasteiger partial charge in [0, 0.05) is 12.6 Å². The first-order chi connectivity index (χ1) is 6.22. The molecule has 0 saturated carbocycles. The first kappa shape index (κ1) is 10.5. The molecule has 0 aliphatic carbocycles. The number of amides is 1. The minimum Gasteiger partial charge on any atom is -0.369 e. The molecule has 4 heteroatoms. The van der Waals surface area contributed by atoms with Crippen LogP contribution in [0.2, 0.25) is 0 Å². The van der Waals surface area contributed by atoms with Crippen molar-refractivity contribution in [1.82, 2.24) is 10.2 Å². The normalized spacial score (nSPS) is 24.5. The molecule has 1 fully saturated rings. The smallest absolute Gasteiger partial charge is 0.231 e. The molecule has 1 atom stereocenters. The molecular formula is C9H19N3O. The number of nitrogens with one attached hydrogen (secondary N) is 1. The molecule has 1 aliphatic heterocycles. The lowest BCUT2D eigenvalue weighted by atomic mass is 10.1. The average Bonchev–Trinajstić information content (AvgIpc) is 2.04. The van der Waals surface area contributed by atoms with Gasteiger partial charge in [0.05, 0.1) is 6.54 Å². The Morgan fingerprint density at radius 3 is 3.08 bits per heavy atom. The number of primary amides is 1. The van der Waals surface area contributed by atoms with E-state index in [4.69, 9.17) is 5.73 Å². The fraction of sp³-hybridized carbons (Fsp3) is 0.889. The van der Waals surface area contributed by atoms with Gasteiger partial charge in [-0.15, -0.1) is 0 Å². The third kappa shape index (κ3) is 3.74. The van der Waals surface area contributed by atoms with Crippen LogP contribution in [-0.4, -0.2) is 43.0 Å². The summed E-state index contributed by atoms with van der Waals surface area (Å²) in [7, 11) is 0. The molecule has 1 aliphatic rings. The Bertz CT molecular complexity index is 170. The summed E-state index contributed by atoms with van der Waals surface area (Å²) in [6.45, 7) is 5.46. The van der Waals surface area contributed by atoms with E-state index in [9.17, 15) is 4.79 Å². The number of carbonyl (C=O) groups is 1. The molecule has 1 amide bonds. The van der Waals surface area contributed by atoms with Crippen LogP contribution in [0.15, 0.2) is 0 Å². The van der Waals surface area contributed by atoms with Gasteiger partial charge >= 0.3 is 0 Å². The summed E-state index contributed by atoms with van der Waals surface area (Å²) in [5.74, 6) is -0.225. The van der Waals surface area contributed by atoms with Crippen LogP contribution in [0.1, 0.15) is 19.8 Å². The maximum absolute atomic E-state index is 10.7. The van der Waals surface area contributed by atoms with E-state index in [-0.39, 0.29) is 5.91 Å². The Hall–Kier alpha value is -0.610. The zero-order chi connectivity index (χ0) is 9.68. The summed E-state index contributed by atoms with van der Waals surface area (Å²) in [5.41, 5.74) is 5.14. The highest BCUT2D eigenvalue weighted by atomic mass is 16.1. The van der Waals surface area contributed by atoms with Gasteiger partial charge in [-0.05, 0) is 25.9 Å². The van der Waals surface area contributed by atoms with Gasteiger partial charge in [-0.1, -0.05) is 6.92 Å². The molecule has 13 heavy (non-hydrogen) atoms. The maximum atomic E-state index is 10.7. The Balaban J connectivity index is 2.28. The Morgan fingerprint density at radius 1 is 1.69 bits per heavy atom. The number of hydrogen-bond donors (Lipinski definition) is 2. The van der Waals surface area contributed by atoms with E-state index in [2.05, 4.69) is 17.1 Å². The zero-order valence-electron chi connectivity index (χ0n) is 8.25. The highest BCUT2D eigenvalue weighted by molar-refractivity contribution is 5.75. The van der Waals surface area contributed by atoms with Crippen molar-refractivity contribution in [3.05, 3.63) is 0 Å². The lowest BCUT2D eigenvalue weighted by molar-refractivity contribution is -0.119. The van der Waals surface area contributed by atoms with Crippen LogP contribution in [0, 0.1) is 0 Å². The highest BCUT2D eigenvalue weighted by Crippen LogP contribution is 2.08. The second kappa shape index (κ2) is 5.19. The van der Waals surface area contributed by atoms with Crippen molar-refractivity contribution in [2.45, 2.75) is 25.8 Å². The molecule has 76 valence electrons. The van der Waals surface area contributed by atoms with E-state index >= 15 is 0 Å². The monoisotopic (exact) mass is 185 g/mol. The summed E-state index contributed by atoms with van der Waals surface area (Å²) < 4.78 is 0. The van der Waals surface area contributed by atoms with E-state index in [1.807, 2.05) is 0 Å². The van der Waals surface area contributed by atoms with Crippen molar-refractivity contribution >= 4 is 5.91 Å². The standard InChI is InChI=1S/C9H19N3O/c1-2-11-8-4-3-5-12(6-8)7-9(10)13/h8,11H,2-7H2,1H3,(H2,10,13). The fourth-order valence-corrected chi connectivity index (χ4v) is 1.87. The lowest BCUT2D eigenvalue weighted by Gasteiger charge is -2.32. The topological polar surface area (TPSA) is 58.4 Å². The van der Waals surface area contributed by atoms with Crippen molar-refractivity contribution in [2.24, 2.45) is 5.73 Å². The average molecular weight is 185 g/mol. The summed E-state index contributed by atoms with van der Waals surface area (Å²) in [6.07, 6.45) is 2.37. The Morgan fingerprint density at radius 2 is 2.46 bits per heavy atom. The van der Waals surface area contributed by atoms with E-state index < -0.39 is 0 Å². The van der Waals surface area contributed by atoms with Gasteiger partial charge in [-0.2, -0.15) is 0 Å².